The average Bonchev–Trinajstić information content (AvgIpc) is 2.85. The molecular formula is C21H20. The highest BCUT2D eigenvalue weighted by Gasteiger charge is 2.28. The topological polar surface area (TPSA) is 0 Å². The van der Waals surface area contributed by atoms with E-state index in [9.17, 15) is 0 Å². The van der Waals surface area contributed by atoms with Gasteiger partial charge in [-0.3, -0.25) is 0 Å². The summed E-state index contributed by atoms with van der Waals surface area (Å²) in [6.45, 7) is 6.76. The summed E-state index contributed by atoms with van der Waals surface area (Å²) in [5.74, 6) is 0. The predicted octanol–water partition coefficient (Wildman–Crippen LogP) is 6.00. The molecular weight excluding hydrogens is 252 g/mol. The van der Waals surface area contributed by atoms with Crippen molar-refractivity contribution >= 4 is 27.6 Å². The Morgan fingerprint density at radius 2 is 1.67 bits per heavy atom. The summed E-state index contributed by atoms with van der Waals surface area (Å²) in [7, 11) is 0. The number of rotatable bonds is 1. The highest BCUT2D eigenvalue weighted by atomic mass is 14.3. The van der Waals surface area contributed by atoms with Gasteiger partial charge >= 0.3 is 0 Å². The van der Waals surface area contributed by atoms with Crippen molar-refractivity contribution in [2.75, 3.05) is 0 Å². The first-order valence-electron chi connectivity index (χ1n) is 7.78. The Morgan fingerprint density at radius 3 is 2.48 bits per heavy atom. The Labute approximate surface area is 126 Å². The third kappa shape index (κ3) is 1.68. The summed E-state index contributed by atoms with van der Waals surface area (Å²) in [5.41, 5.74) is 4.41. The molecule has 0 unspecified atom stereocenters. The zero-order chi connectivity index (χ0) is 14.6. The number of hydrogen-bond acceptors (Lipinski definition) is 0. The van der Waals surface area contributed by atoms with Crippen LogP contribution in [0, 0.1) is 6.92 Å². The predicted molar refractivity (Wildman–Crippen MR) is 92.9 cm³/mol. The molecule has 0 aliphatic heterocycles. The molecule has 3 aromatic rings. The van der Waals surface area contributed by atoms with Crippen molar-refractivity contribution in [3.8, 4) is 0 Å². The van der Waals surface area contributed by atoms with Crippen LogP contribution in [0.2, 0.25) is 0 Å². The molecule has 0 saturated heterocycles. The lowest BCUT2D eigenvalue weighted by molar-refractivity contribution is 0.583. The van der Waals surface area contributed by atoms with E-state index in [0.29, 0.717) is 0 Å². The van der Waals surface area contributed by atoms with Crippen molar-refractivity contribution in [3.63, 3.8) is 0 Å². The fraction of sp³-hybridized carbons (Fsp3) is 0.238. The van der Waals surface area contributed by atoms with Gasteiger partial charge in [0.1, 0.15) is 0 Å². The number of allylic oxidation sites excluding steroid dienone is 1. The van der Waals surface area contributed by atoms with E-state index >= 15 is 0 Å². The summed E-state index contributed by atoms with van der Waals surface area (Å²) in [6.07, 6.45) is 5.84. The normalized spacial score (nSPS) is 20.3. The molecule has 0 N–H and O–H groups in total. The van der Waals surface area contributed by atoms with E-state index in [1.807, 2.05) is 0 Å². The largest absolute Gasteiger partial charge is 0.0736 e. The van der Waals surface area contributed by atoms with Crippen LogP contribution in [-0.2, 0) is 5.41 Å². The first-order chi connectivity index (χ1) is 10.1. The highest BCUT2D eigenvalue weighted by Crippen LogP contribution is 2.42. The standard InChI is InChI=1S/C21H20/c1-4-21(3)12-11-19-18-8-6-15-13-14(2)5-7-16(15)17(18)9-10-20(19)21/h5-13H,4H2,1-3H3/t21-/m1/s1. The summed E-state index contributed by atoms with van der Waals surface area (Å²) in [4.78, 5) is 0. The van der Waals surface area contributed by atoms with Crippen molar-refractivity contribution < 1.29 is 0 Å². The fourth-order valence-electron chi connectivity index (χ4n) is 3.63. The Bertz CT molecular complexity index is 899. The molecule has 21 heavy (non-hydrogen) atoms. The first-order valence-corrected chi connectivity index (χ1v) is 7.78. The van der Waals surface area contributed by atoms with Crippen LogP contribution in [0.4, 0.5) is 0 Å². The van der Waals surface area contributed by atoms with Crippen LogP contribution >= 0.6 is 0 Å². The van der Waals surface area contributed by atoms with Gasteiger partial charge in [-0.05, 0) is 46.0 Å². The number of benzene rings is 3. The Hall–Kier alpha value is -2.08. The maximum atomic E-state index is 2.37. The van der Waals surface area contributed by atoms with Crippen LogP contribution in [0.5, 0.6) is 0 Å². The third-order valence-electron chi connectivity index (χ3n) is 5.18. The zero-order valence-electron chi connectivity index (χ0n) is 12.9. The summed E-state index contributed by atoms with van der Waals surface area (Å²) < 4.78 is 0. The second-order valence-corrected chi connectivity index (χ2v) is 6.52. The number of aryl methyl sites for hydroxylation is 1. The van der Waals surface area contributed by atoms with Gasteiger partial charge in [0.2, 0.25) is 0 Å². The molecule has 0 aromatic heterocycles. The molecule has 104 valence electrons. The van der Waals surface area contributed by atoms with Crippen LogP contribution in [0.3, 0.4) is 0 Å². The highest BCUT2D eigenvalue weighted by molar-refractivity contribution is 6.10. The van der Waals surface area contributed by atoms with Crippen LogP contribution in [-0.4, -0.2) is 0 Å². The molecule has 0 bridgehead atoms. The minimum Gasteiger partial charge on any atom is -0.0736 e. The molecule has 4 rings (SSSR count). The Morgan fingerprint density at radius 1 is 0.905 bits per heavy atom. The van der Waals surface area contributed by atoms with Gasteiger partial charge in [0.05, 0.1) is 0 Å². The van der Waals surface area contributed by atoms with Crippen molar-refractivity contribution in [2.24, 2.45) is 0 Å². The van der Waals surface area contributed by atoms with Crippen molar-refractivity contribution in [2.45, 2.75) is 32.6 Å². The Kier molecular flexibility index (Phi) is 2.53. The van der Waals surface area contributed by atoms with E-state index < -0.39 is 0 Å². The molecule has 0 nitrogen and oxygen atoms in total. The lowest BCUT2D eigenvalue weighted by Gasteiger charge is -2.22. The molecule has 0 heterocycles. The van der Waals surface area contributed by atoms with Gasteiger partial charge < -0.3 is 0 Å². The van der Waals surface area contributed by atoms with Gasteiger partial charge in [-0.15, -0.1) is 0 Å². The molecule has 0 fully saturated rings. The molecule has 3 aromatic carbocycles. The Balaban J connectivity index is 2.10. The van der Waals surface area contributed by atoms with E-state index in [0.717, 1.165) is 6.42 Å². The van der Waals surface area contributed by atoms with Crippen LogP contribution in [0.15, 0.2) is 48.5 Å². The molecule has 1 aliphatic carbocycles. The van der Waals surface area contributed by atoms with Crippen LogP contribution < -0.4 is 0 Å². The van der Waals surface area contributed by atoms with Gasteiger partial charge in [0, 0.05) is 5.41 Å². The second kappa shape index (κ2) is 4.21. The smallest absolute Gasteiger partial charge is 0.0110 e. The quantitative estimate of drug-likeness (QED) is 0.477. The van der Waals surface area contributed by atoms with Gasteiger partial charge in [0.25, 0.3) is 0 Å². The SMILES string of the molecule is CC[C@]1(C)C=Cc2c1ccc1c2ccc2cc(C)ccc21. The summed E-state index contributed by atoms with van der Waals surface area (Å²) in [5, 5.41) is 5.45. The van der Waals surface area contributed by atoms with Gasteiger partial charge in [-0.2, -0.15) is 0 Å². The van der Waals surface area contributed by atoms with Crippen molar-refractivity contribution in [3.05, 3.63) is 65.2 Å². The molecule has 1 aliphatic rings. The monoisotopic (exact) mass is 272 g/mol. The average molecular weight is 272 g/mol. The minimum atomic E-state index is 0.200. The fourth-order valence-corrected chi connectivity index (χ4v) is 3.63. The zero-order valence-corrected chi connectivity index (χ0v) is 12.9. The van der Waals surface area contributed by atoms with E-state index in [1.165, 1.54) is 38.2 Å². The lowest BCUT2D eigenvalue weighted by Crippen LogP contribution is -2.15. The first kappa shape index (κ1) is 12.6. The van der Waals surface area contributed by atoms with Crippen molar-refractivity contribution in [1.29, 1.82) is 0 Å². The minimum absolute atomic E-state index is 0.200. The molecule has 0 heteroatoms. The van der Waals surface area contributed by atoms with E-state index in [-0.39, 0.29) is 5.41 Å². The lowest BCUT2D eigenvalue weighted by atomic mass is 9.81. The molecule has 1 atom stereocenters. The number of hydrogen-bond donors (Lipinski definition) is 0. The van der Waals surface area contributed by atoms with Crippen LogP contribution in [0.25, 0.3) is 27.6 Å². The van der Waals surface area contributed by atoms with Gasteiger partial charge in [0.15, 0.2) is 0 Å². The third-order valence-corrected chi connectivity index (χ3v) is 5.18. The van der Waals surface area contributed by atoms with Gasteiger partial charge in [-0.25, -0.2) is 0 Å². The van der Waals surface area contributed by atoms with Crippen LogP contribution in [0.1, 0.15) is 37.0 Å². The second-order valence-electron chi connectivity index (χ2n) is 6.52. The maximum absolute atomic E-state index is 2.37. The molecule has 0 amide bonds. The summed E-state index contributed by atoms with van der Waals surface area (Å²) in [6, 6.07) is 15.9. The maximum Gasteiger partial charge on any atom is 0.0110 e. The molecule has 0 spiro atoms. The van der Waals surface area contributed by atoms with E-state index in [4.69, 9.17) is 0 Å². The summed E-state index contributed by atoms with van der Waals surface area (Å²) >= 11 is 0. The van der Waals surface area contributed by atoms with E-state index in [2.05, 4.69) is 75.4 Å². The molecule has 0 saturated carbocycles. The van der Waals surface area contributed by atoms with Crippen molar-refractivity contribution in [1.82, 2.24) is 0 Å². The molecule has 0 radical (unpaired) electrons. The van der Waals surface area contributed by atoms with E-state index in [1.54, 1.807) is 0 Å². The number of fused-ring (bicyclic) bond motifs is 5. The van der Waals surface area contributed by atoms with Gasteiger partial charge in [-0.1, -0.05) is 74.0 Å².